The van der Waals surface area contributed by atoms with Gasteiger partial charge < -0.3 is 17.0 Å². The van der Waals surface area contributed by atoms with E-state index in [1.807, 2.05) is 23.9 Å². The van der Waals surface area contributed by atoms with Gasteiger partial charge in [0, 0.05) is 5.25 Å². The summed E-state index contributed by atoms with van der Waals surface area (Å²) < 4.78 is 0. The Morgan fingerprint density at radius 2 is 1.75 bits per heavy atom. The molecule has 1 aliphatic carbocycles. The van der Waals surface area contributed by atoms with Crippen LogP contribution in [0.4, 0.5) is 0 Å². The molecule has 1 aromatic rings. The zero-order valence-corrected chi connectivity index (χ0v) is 13.4. The average Bonchev–Trinajstić information content (AvgIpc) is 2.48. The van der Waals surface area contributed by atoms with E-state index >= 15 is 0 Å². The first-order valence-corrected chi connectivity index (χ1v) is 6.46. The SMILES string of the molecule is [Br-].[Mg+2].[c-]1ccccc1SC1CCCCCC1. The van der Waals surface area contributed by atoms with Gasteiger partial charge in [0.15, 0.2) is 0 Å². The molecule has 0 heterocycles. The number of benzene rings is 1. The summed E-state index contributed by atoms with van der Waals surface area (Å²) in [5, 5.41) is 0.844. The Kier molecular flexibility index (Phi) is 10.3. The van der Waals surface area contributed by atoms with Gasteiger partial charge in [0.2, 0.25) is 0 Å². The zero-order chi connectivity index (χ0) is 9.64. The summed E-state index contributed by atoms with van der Waals surface area (Å²) in [7, 11) is 0. The number of halogens is 1. The fourth-order valence-electron chi connectivity index (χ4n) is 1.99. The van der Waals surface area contributed by atoms with E-state index in [1.165, 1.54) is 43.4 Å². The first-order valence-electron chi connectivity index (χ1n) is 5.58. The first kappa shape index (κ1) is 16.8. The summed E-state index contributed by atoms with van der Waals surface area (Å²) in [5.74, 6) is 0. The van der Waals surface area contributed by atoms with Gasteiger partial charge >= 0.3 is 23.1 Å². The van der Waals surface area contributed by atoms with Crippen LogP contribution >= 0.6 is 11.8 Å². The van der Waals surface area contributed by atoms with Gasteiger partial charge in [-0.25, -0.2) is 0 Å². The van der Waals surface area contributed by atoms with Gasteiger partial charge in [-0.2, -0.15) is 30.3 Å². The van der Waals surface area contributed by atoms with Crippen LogP contribution in [0, 0.1) is 6.07 Å². The second-order valence-electron chi connectivity index (χ2n) is 3.96. The van der Waals surface area contributed by atoms with Crippen molar-refractivity contribution in [3.8, 4) is 0 Å². The molecule has 0 atom stereocenters. The fourth-order valence-corrected chi connectivity index (χ4v) is 3.21. The molecule has 1 aliphatic rings. The molecule has 0 aliphatic heterocycles. The van der Waals surface area contributed by atoms with Crippen LogP contribution in [-0.4, -0.2) is 28.3 Å². The third-order valence-corrected chi connectivity index (χ3v) is 4.09. The molecule has 0 saturated heterocycles. The van der Waals surface area contributed by atoms with Gasteiger partial charge in [-0.3, -0.25) is 0 Å². The molecule has 2 rings (SSSR count). The van der Waals surface area contributed by atoms with Crippen LogP contribution in [0.25, 0.3) is 0 Å². The molecule has 0 aromatic heterocycles. The minimum absolute atomic E-state index is 0. The second-order valence-corrected chi connectivity index (χ2v) is 5.30. The van der Waals surface area contributed by atoms with Crippen molar-refractivity contribution in [2.24, 2.45) is 0 Å². The van der Waals surface area contributed by atoms with Crippen molar-refractivity contribution < 1.29 is 17.0 Å². The Labute approximate surface area is 130 Å². The fraction of sp³-hybridized carbons (Fsp3) is 0.538. The van der Waals surface area contributed by atoms with Gasteiger partial charge in [-0.15, -0.1) is 16.7 Å². The van der Waals surface area contributed by atoms with Crippen LogP contribution in [0.2, 0.25) is 0 Å². The Balaban J connectivity index is 0.00000112. The van der Waals surface area contributed by atoms with Gasteiger partial charge in [0.05, 0.1) is 0 Å². The third-order valence-electron chi connectivity index (χ3n) is 2.78. The van der Waals surface area contributed by atoms with Gasteiger partial charge in [-0.05, 0) is 12.8 Å². The standard InChI is InChI=1S/C13H17S.BrH.Mg/c1-2-5-9-12(8-4-1)14-13-10-6-3-7-11-13;;/h3,6-7,10,12H,1-2,4-5,8-9H2;1H;/q-1;;+2/p-1. The molecule has 0 nitrogen and oxygen atoms in total. The van der Waals surface area contributed by atoms with Crippen LogP contribution in [0.15, 0.2) is 29.2 Å². The molecule has 1 saturated carbocycles. The Morgan fingerprint density at radius 1 is 1.06 bits per heavy atom. The largest absolute Gasteiger partial charge is 2.00 e. The van der Waals surface area contributed by atoms with Gasteiger partial charge in [-0.1, -0.05) is 25.7 Å². The van der Waals surface area contributed by atoms with Crippen molar-refractivity contribution in [2.45, 2.75) is 48.7 Å². The smallest absolute Gasteiger partial charge is 1.00 e. The predicted molar refractivity (Wildman–Crippen MR) is 68.4 cm³/mol. The van der Waals surface area contributed by atoms with E-state index in [0.29, 0.717) is 0 Å². The quantitative estimate of drug-likeness (QED) is 0.445. The van der Waals surface area contributed by atoms with Crippen molar-refractivity contribution in [1.82, 2.24) is 0 Å². The van der Waals surface area contributed by atoms with Crippen molar-refractivity contribution in [3.05, 3.63) is 30.3 Å². The van der Waals surface area contributed by atoms with Crippen LogP contribution in [0.3, 0.4) is 0 Å². The summed E-state index contributed by atoms with van der Waals surface area (Å²) in [6.07, 6.45) is 8.51. The van der Waals surface area contributed by atoms with E-state index in [4.69, 9.17) is 0 Å². The maximum Gasteiger partial charge on any atom is 2.00 e. The van der Waals surface area contributed by atoms with E-state index in [-0.39, 0.29) is 40.0 Å². The van der Waals surface area contributed by atoms with Crippen molar-refractivity contribution in [3.63, 3.8) is 0 Å². The van der Waals surface area contributed by atoms with Crippen LogP contribution in [-0.2, 0) is 0 Å². The number of hydrogen-bond donors (Lipinski definition) is 0. The summed E-state index contributed by atoms with van der Waals surface area (Å²) in [4.78, 5) is 1.32. The van der Waals surface area contributed by atoms with Crippen molar-refractivity contribution in [1.29, 1.82) is 0 Å². The summed E-state index contributed by atoms with van der Waals surface area (Å²) >= 11 is 2.02. The van der Waals surface area contributed by atoms with Crippen LogP contribution in [0.1, 0.15) is 38.5 Å². The van der Waals surface area contributed by atoms with E-state index in [9.17, 15) is 0 Å². The Bertz CT molecular complexity index is 258. The zero-order valence-electron chi connectivity index (χ0n) is 9.62. The molecule has 0 bridgehead atoms. The molecule has 0 amide bonds. The molecule has 0 unspecified atom stereocenters. The summed E-state index contributed by atoms with van der Waals surface area (Å²) in [5.41, 5.74) is 0. The molecular weight excluding hydrogens is 292 g/mol. The first-order chi connectivity index (χ1) is 6.95. The Morgan fingerprint density at radius 3 is 2.31 bits per heavy atom. The van der Waals surface area contributed by atoms with E-state index in [1.54, 1.807) is 0 Å². The molecule has 0 spiro atoms. The summed E-state index contributed by atoms with van der Waals surface area (Å²) in [6, 6.07) is 11.6. The molecule has 0 radical (unpaired) electrons. The molecule has 1 fully saturated rings. The van der Waals surface area contributed by atoms with E-state index < -0.39 is 0 Å². The Hall–Kier alpha value is 0.816. The van der Waals surface area contributed by atoms with Crippen LogP contribution < -0.4 is 17.0 Å². The van der Waals surface area contributed by atoms with E-state index in [2.05, 4.69) is 18.2 Å². The minimum atomic E-state index is 0. The maximum atomic E-state index is 3.30. The minimum Gasteiger partial charge on any atom is -1.00 e. The molecule has 3 heteroatoms. The number of hydrogen-bond acceptors (Lipinski definition) is 1. The monoisotopic (exact) mass is 308 g/mol. The molecule has 84 valence electrons. The normalized spacial score (nSPS) is 16.8. The number of rotatable bonds is 2. The predicted octanol–water partition coefficient (Wildman–Crippen LogP) is 0.925. The van der Waals surface area contributed by atoms with Crippen LogP contribution in [0.5, 0.6) is 0 Å². The van der Waals surface area contributed by atoms with Gasteiger partial charge in [0.1, 0.15) is 0 Å². The molecule has 1 aromatic carbocycles. The topological polar surface area (TPSA) is 0 Å². The molecule has 0 N–H and O–H groups in total. The van der Waals surface area contributed by atoms with Crippen molar-refractivity contribution in [2.75, 3.05) is 0 Å². The maximum absolute atomic E-state index is 3.30. The van der Waals surface area contributed by atoms with Crippen molar-refractivity contribution >= 4 is 34.8 Å². The molecule has 16 heavy (non-hydrogen) atoms. The third kappa shape index (κ3) is 5.94. The molecular formula is C13H17BrMgS. The van der Waals surface area contributed by atoms with E-state index in [0.717, 1.165) is 5.25 Å². The number of thioether (sulfide) groups is 1. The second kappa shape index (κ2) is 9.81. The average molecular weight is 310 g/mol. The van der Waals surface area contributed by atoms with Gasteiger partial charge in [0.25, 0.3) is 0 Å². The summed E-state index contributed by atoms with van der Waals surface area (Å²) in [6.45, 7) is 0.